The Kier molecular flexibility index (Phi) is 4.50. The van der Waals surface area contributed by atoms with Gasteiger partial charge in [0.15, 0.2) is 5.82 Å². The maximum Gasteiger partial charge on any atom is 0.167 e. The molecule has 0 spiro atoms. The first-order valence-corrected chi connectivity index (χ1v) is 5.85. The van der Waals surface area contributed by atoms with Crippen molar-refractivity contribution in [2.75, 3.05) is 7.11 Å². The van der Waals surface area contributed by atoms with Crippen molar-refractivity contribution in [1.29, 1.82) is 0 Å². The summed E-state index contributed by atoms with van der Waals surface area (Å²) >= 11 is 5.91. The van der Waals surface area contributed by atoms with Crippen molar-refractivity contribution in [3.63, 3.8) is 0 Å². The third kappa shape index (κ3) is 3.68. The number of nitrogens with zero attached hydrogens (tertiary/aromatic N) is 2. The van der Waals surface area contributed by atoms with E-state index in [1.807, 2.05) is 30.3 Å². The summed E-state index contributed by atoms with van der Waals surface area (Å²) in [5.41, 5.74) is 0.740. The molecule has 0 N–H and O–H groups in total. The van der Waals surface area contributed by atoms with Crippen LogP contribution in [0, 0.1) is 0 Å². The van der Waals surface area contributed by atoms with Crippen LogP contribution in [0.1, 0.15) is 11.5 Å². The highest BCUT2D eigenvalue weighted by molar-refractivity contribution is 6.29. The van der Waals surface area contributed by atoms with E-state index in [-0.39, 0.29) is 6.61 Å². The molecule has 4 nitrogen and oxygen atoms in total. The van der Waals surface area contributed by atoms with Crippen molar-refractivity contribution in [2.45, 2.75) is 13.2 Å². The predicted molar refractivity (Wildman–Crippen MR) is 68.5 cm³/mol. The Bertz CT molecular complexity index is 506. The fraction of sp³-hybridized carbons (Fsp3) is 0.231. The van der Waals surface area contributed by atoms with Crippen molar-refractivity contribution < 1.29 is 9.47 Å². The molecular weight excluding hydrogens is 252 g/mol. The highest BCUT2D eigenvalue weighted by atomic mass is 35.5. The SMILES string of the molecule is COCc1cc(Cl)nc(COc2ccccc2)n1. The summed E-state index contributed by atoms with van der Waals surface area (Å²) in [4.78, 5) is 8.40. The Hall–Kier alpha value is -1.65. The molecule has 0 bridgehead atoms. The van der Waals surface area contributed by atoms with Crippen LogP contribution in [0.15, 0.2) is 36.4 Å². The first kappa shape index (κ1) is 12.8. The van der Waals surface area contributed by atoms with Crippen LogP contribution < -0.4 is 4.74 Å². The summed E-state index contributed by atoms with van der Waals surface area (Å²) in [6.45, 7) is 0.682. The van der Waals surface area contributed by atoms with Crippen LogP contribution in [0.5, 0.6) is 5.75 Å². The molecule has 0 aliphatic carbocycles. The molecule has 0 saturated carbocycles. The topological polar surface area (TPSA) is 44.2 Å². The number of rotatable bonds is 5. The Labute approximate surface area is 111 Å². The molecular formula is C13H13ClN2O2. The first-order valence-electron chi connectivity index (χ1n) is 5.47. The van der Waals surface area contributed by atoms with Gasteiger partial charge < -0.3 is 9.47 Å². The van der Waals surface area contributed by atoms with Crippen molar-refractivity contribution in [3.8, 4) is 5.75 Å². The molecule has 0 aliphatic heterocycles. The van der Waals surface area contributed by atoms with E-state index >= 15 is 0 Å². The standard InChI is InChI=1S/C13H13ClN2O2/c1-17-8-10-7-12(14)16-13(15-10)9-18-11-5-3-2-4-6-11/h2-7H,8-9H2,1H3. The number of methoxy groups -OCH3 is 1. The van der Waals surface area contributed by atoms with Gasteiger partial charge in [-0.1, -0.05) is 29.8 Å². The summed E-state index contributed by atoms with van der Waals surface area (Å²) in [5.74, 6) is 1.31. The lowest BCUT2D eigenvalue weighted by molar-refractivity contribution is 0.180. The van der Waals surface area contributed by atoms with E-state index in [0.29, 0.717) is 17.6 Å². The third-order valence-electron chi connectivity index (χ3n) is 2.20. The molecule has 0 atom stereocenters. The average molecular weight is 265 g/mol. The van der Waals surface area contributed by atoms with Gasteiger partial charge in [0.05, 0.1) is 12.3 Å². The summed E-state index contributed by atoms with van der Waals surface area (Å²) < 4.78 is 10.6. The van der Waals surface area contributed by atoms with Crippen molar-refractivity contribution >= 4 is 11.6 Å². The van der Waals surface area contributed by atoms with Crippen LogP contribution in [-0.2, 0) is 18.0 Å². The van der Waals surface area contributed by atoms with E-state index in [2.05, 4.69) is 9.97 Å². The van der Waals surface area contributed by atoms with Gasteiger partial charge in [0, 0.05) is 7.11 Å². The van der Waals surface area contributed by atoms with Crippen LogP contribution >= 0.6 is 11.6 Å². The molecule has 0 fully saturated rings. The Morgan fingerprint density at radius 1 is 1.11 bits per heavy atom. The largest absolute Gasteiger partial charge is 0.486 e. The fourth-order valence-corrected chi connectivity index (χ4v) is 1.69. The van der Waals surface area contributed by atoms with Crippen LogP contribution in [0.25, 0.3) is 0 Å². The highest BCUT2D eigenvalue weighted by Gasteiger charge is 2.04. The molecule has 18 heavy (non-hydrogen) atoms. The molecule has 94 valence electrons. The van der Waals surface area contributed by atoms with Gasteiger partial charge in [0.2, 0.25) is 0 Å². The van der Waals surface area contributed by atoms with E-state index in [4.69, 9.17) is 21.1 Å². The zero-order chi connectivity index (χ0) is 12.8. The van der Waals surface area contributed by atoms with E-state index in [9.17, 15) is 0 Å². The molecule has 0 unspecified atom stereocenters. The molecule has 1 aromatic heterocycles. The van der Waals surface area contributed by atoms with E-state index in [1.54, 1.807) is 13.2 Å². The van der Waals surface area contributed by atoms with Crippen LogP contribution in [0.4, 0.5) is 0 Å². The lowest BCUT2D eigenvalue weighted by atomic mass is 10.3. The van der Waals surface area contributed by atoms with Gasteiger partial charge in [-0.2, -0.15) is 0 Å². The van der Waals surface area contributed by atoms with E-state index in [0.717, 1.165) is 11.4 Å². The van der Waals surface area contributed by atoms with Gasteiger partial charge in [-0.3, -0.25) is 0 Å². The van der Waals surface area contributed by atoms with Gasteiger partial charge in [-0.05, 0) is 18.2 Å². The second kappa shape index (κ2) is 6.33. The van der Waals surface area contributed by atoms with Gasteiger partial charge >= 0.3 is 0 Å². The smallest absolute Gasteiger partial charge is 0.167 e. The second-order valence-corrected chi connectivity index (χ2v) is 4.02. The number of benzene rings is 1. The van der Waals surface area contributed by atoms with E-state index < -0.39 is 0 Å². The number of hydrogen-bond donors (Lipinski definition) is 0. The number of para-hydroxylation sites is 1. The molecule has 0 aliphatic rings. The van der Waals surface area contributed by atoms with Crippen molar-refractivity contribution in [3.05, 3.63) is 53.1 Å². The summed E-state index contributed by atoms with van der Waals surface area (Å²) in [5, 5.41) is 0.392. The predicted octanol–water partition coefficient (Wildman–Crippen LogP) is 2.86. The van der Waals surface area contributed by atoms with Gasteiger partial charge in [0.25, 0.3) is 0 Å². The molecule has 1 aromatic carbocycles. The van der Waals surface area contributed by atoms with Crippen molar-refractivity contribution in [1.82, 2.24) is 9.97 Å². The maximum absolute atomic E-state index is 5.91. The molecule has 0 amide bonds. The molecule has 2 aromatic rings. The van der Waals surface area contributed by atoms with Crippen LogP contribution in [0.2, 0.25) is 5.15 Å². The number of hydrogen-bond acceptors (Lipinski definition) is 4. The Morgan fingerprint density at radius 3 is 2.61 bits per heavy atom. The molecule has 2 rings (SSSR count). The van der Waals surface area contributed by atoms with Gasteiger partial charge in [-0.25, -0.2) is 9.97 Å². The molecule has 0 saturated heterocycles. The average Bonchev–Trinajstić information content (AvgIpc) is 2.37. The maximum atomic E-state index is 5.91. The highest BCUT2D eigenvalue weighted by Crippen LogP contribution is 2.12. The number of aromatic nitrogens is 2. The summed E-state index contributed by atoms with van der Waals surface area (Å²) in [6.07, 6.45) is 0. The first-order chi connectivity index (χ1) is 8.78. The second-order valence-electron chi connectivity index (χ2n) is 3.63. The fourth-order valence-electron chi connectivity index (χ4n) is 1.47. The van der Waals surface area contributed by atoms with E-state index in [1.165, 1.54) is 0 Å². The minimum absolute atomic E-state index is 0.279. The minimum Gasteiger partial charge on any atom is -0.486 e. The van der Waals surface area contributed by atoms with Gasteiger partial charge in [-0.15, -0.1) is 0 Å². The Balaban J connectivity index is 2.05. The van der Waals surface area contributed by atoms with Gasteiger partial charge in [0.1, 0.15) is 17.5 Å². The monoisotopic (exact) mass is 264 g/mol. The normalized spacial score (nSPS) is 10.3. The Morgan fingerprint density at radius 2 is 1.89 bits per heavy atom. The summed E-state index contributed by atoms with van der Waals surface area (Å²) in [6, 6.07) is 11.2. The molecule has 1 heterocycles. The lowest BCUT2D eigenvalue weighted by Gasteiger charge is -2.06. The molecule has 0 radical (unpaired) electrons. The summed E-state index contributed by atoms with van der Waals surface area (Å²) in [7, 11) is 1.61. The third-order valence-corrected chi connectivity index (χ3v) is 2.39. The number of ether oxygens (including phenoxy) is 2. The lowest BCUT2D eigenvalue weighted by Crippen LogP contribution is -2.05. The zero-order valence-electron chi connectivity index (χ0n) is 9.97. The minimum atomic E-state index is 0.279. The van der Waals surface area contributed by atoms with Crippen LogP contribution in [-0.4, -0.2) is 17.1 Å². The van der Waals surface area contributed by atoms with Crippen LogP contribution in [0.3, 0.4) is 0 Å². The quantitative estimate of drug-likeness (QED) is 0.779. The number of halogens is 1. The molecule has 5 heteroatoms. The zero-order valence-corrected chi connectivity index (χ0v) is 10.7. The van der Waals surface area contributed by atoms with Crippen molar-refractivity contribution in [2.24, 2.45) is 0 Å².